The standard InChI is InChI=1S/C24H27N5O2/c1-17-7-6-11-25-21(17)22(30)29-12-10-20-14-28(13-19-8-4-3-5-9-19)15-24(20,16-29)23-26-18(2)31-27-23/h3-9,11,20H,10,12-16H2,1-2H3/t20-,24+/m0/s1. The third-order valence-electron chi connectivity index (χ3n) is 6.71. The summed E-state index contributed by atoms with van der Waals surface area (Å²) in [5, 5.41) is 4.33. The Morgan fingerprint density at radius 2 is 2.00 bits per heavy atom. The molecule has 7 nitrogen and oxygen atoms in total. The molecule has 2 aromatic heterocycles. The number of hydrogen-bond donors (Lipinski definition) is 0. The highest BCUT2D eigenvalue weighted by Crippen LogP contribution is 2.44. The monoisotopic (exact) mass is 417 g/mol. The molecule has 0 aliphatic carbocycles. The van der Waals surface area contributed by atoms with Crippen molar-refractivity contribution in [3.05, 3.63) is 77.2 Å². The summed E-state index contributed by atoms with van der Waals surface area (Å²) in [6.45, 7) is 7.70. The van der Waals surface area contributed by atoms with Crippen molar-refractivity contribution in [2.45, 2.75) is 32.2 Å². The number of hydrogen-bond acceptors (Lipinski definition) is 6. The number of piperidine rings is 1. The molecule has 0 bridgehead atoms. The molecule has 2 fully saturated rings. The van der Waals surface area contributed by atoms with E-state index < -0.39 is 0 Å². The molecule has 0 spiro atoms. The molecule has 1 aromatic carbocycles. The van der Waals surface area contributed by atoms with Crippen LogP contribution >= 0.6 is 0 Å². The van der Waals surface area contributed by atoms with Gasteiger partial charge in [0.15, 0.2) is 5.82 Å². The van der Waals surface area contributed by atoms with Crippen LogP contribution in [0.1, 0.15) is 39.8 Å². The van der Waals surface area contributed by atoms with E-state index in [2.05, 4.69) is 44.3 Å². The van der Waals surface area contributed by atoms with Crippen LogP contribution in [-0.2, 0) is 12.0 Å². The Morgan fingerprint density at radius 1 is 1.16 bits per heavy atom. The van der Waals surface area contributed by atoms with Gasteiger partial charge in [-0.2, -0.15) is 4.98 Å². The van der Waals surface area contributed by atoms with Gasteiger partial charge in [-0.15, -0.1) is 0 Å². The number of carbonyl (C=O) groups is 1. The summed E-state index contributed by atoms with van der Waals surface area (Å²) in [4.78, 5) is 26.7. The van der Waals surface area contributed by atoms with Crippen LogP contribution in [0.3, 0.4) is 0 Å². The molecule has 7 heteroatoms. The van der Waals surface area contributed by atoms with Gasteiger partial charge >= 0.3 is 0 Å². The lowest BCUT2D eigenvalue weighted by Gasteiger charge is -2.42. The van der Waals surface area contributed by atoms with Crippen molar-refractivity contribution in [1.82, 2.24) is 24.9 Å². The Morgan fingerprint density at radius 3 is 2.74 bits per heavy atom. The van der Waals surface area contributed by atoms with Gasteiger partial charge in [-0.3, -0.25) is 14.7 Å². The van der Waals surface area contributed by atoms with Crippen LogP contribution < -0.4 is 0 Å². The molecule has 3 aromatic rings. The van der Waals surface area contributed by atoms with E-state index in [0.29, 0.717) is 24.0 Å². The van der Waals surface area contributed by atoms with Crippen LogP contribution in [-0.4, -0.2) is 57.0 Å². The maximum Gasteiger partial charge on any atom is 0.272 e. The Hall–Kier alpha value is -3.06. The second-order valence-electron chi connectivity index (χ2n) is 8.83. The molecule has 2 aliphatic heterocycles. The molecule has 160 valence electrons. The van der Waals surface area contributed by atoms with Crippen LogP contribution in [0.5, 0.6) is 0 Å². The highest BCUT2D eigenvalue weighted by atomic mass is 16.5. The normalized spacial score (nSPS) is 23.7. The Balaban J connectivity index is 1.45. The summed E-state index contributed by atoms with van der Waals surface area (Å²) >= 11 is 0. The number of aromatic nitrogens is 3. The van der Waals surface area contributed by atoms with Gasteiger partial charge in [0.25, 0.3) is 5.91 Å². The molecule has 0 radical (unpaired) electrons. The van der Waals surface area contributed by atoms with Crippen molar-refractivity contribution in [3.63, 3.8) is 0 Å². The van der Waals surface area contributed by atoms with E-state index in [1.165, 1.54) is 5.56 Å². The fraction of sp³-hybridized carbons (Fsp3) is 0.417. The van der Waals surface area contributed by atoms with Crippen molar-refractivity contribution in [1.29, 1.82) is 0 Å². The zero-order valence-corrected chi connectivity index (χ0v) is 18.0. The minimum atomic E-state index is -0.330. The van der Waals surface area contributed by atoms with Crippen LogP contribution in [0, 0.1) is 19.8 Å². The van der Waals surface area contributed by atoms with Crippen molar-refractivity contribution in [2.75, 3.05) is 26.2 Å². The Bertz CT molecular complexity index is 1080. The SMILES string of the molecule is Cc1nc([C@@]23CN(Cc4ccccc4)C[C@@H]2CCN(C(=O)c2ncccc2C)C3)no1. The lowest BCUT2D eigenvalue weighted by atomic mass is 9.72. The second-order valence-corrected chi connectivity index (χ2v) is 8.83. The third kappa shape index (κ3) is 3.63. The van der Waals surface area contributed by atoms with E-state index in [9.17, 15) is 4.79 Å². The largest absolute Gasteiger partial charge is 0.340 e. The van der Waals surface area contributed by atoms with Gasteiger partial charge in [0.1, 0.15) is 5.69 Å². The predicted octanol–water partition coefficient (Wildman–Crippen LogP) is 3.00. The van der Waals surface area contributed by atoms with Crippen molar-refractivity contribution < 1.29 is 9.32 Å². The van der Waals surface area contributed by atoms with Crippen molar-refractivity contribution >= 4 is 5.91 Å². The first-order valence-corrected chi connectivity index (χ1v) is 10.8. The molecule has 2 saturated heterocycles. The van der Waals surface area contributed by atoms with Crippen molar-refractivity contribution in [2.24, 2.45) is 5.92 Å². The minimum absolute atomic E-state index is 0.0161. The first kappa shape index (κ1) is 19.9. The summed E-state index contributed by atoms with van der Waals surface area (Å²) in [7, 11) is 0. The number of pyridine rings is 1. The van der Waals surface area contributed by atoms with Crippen LogP contribution in [0.4, 0.5) is 0 Å². The molecule has 0 N–H and O–H groups in total. The van der Waals surface area contributed by atoms with Gasteiger partial charge in [-0.25, -0.2) is 0 Å². The maximum absolute atomic E-state index is 13.3. The Labute approximate surface area is 182 Å². The number of rotatable bonds is 4. The number of amides is 1. The smallest absolute Gasteiger partial charge is 0.272 e. The summed E-state index contributed by atoms with van der Waals surface area (Å²) in [5.41, 5.74) is 2.39. The molecule has 5 rings (SSSR count). The molecule has 31 heavy (non-hydrogen) atoms. The van der Waals surface area contributed by atoms with Gasteiger partial charge < -0.3 is 9.42 Å². The van der Waals surface area contributed by atoms with Gasteiger partial charge in [0.2, 0.25) is 5.89 Å². The van der Waals surface area contributed by atoms with Gasteiger partial charge in [-0.1, -0.05) is 41.6 Å². The van der Waals surface area contributed by atoms with E-state index in [4.69, 9.17) is 4.52 Å². The molecular formula is C24H27N5O2. The quantitative estimate of drug-likeness (QED) is 0.650. The maximum atomic E-state index is 13.3. The number of likely N-dealkylation sites (tertiary alicyclic amines) is 2. The number of carbonyl (C=O) groups excluding carboxylic acids is 1. The van der Waals surface area contributed by atoms with Gasteiger partial charge in [0, 0.05) is 45.8 Å². The third-order valence-corrected chi connectivity index (χ3v) is 6.71. The van der Waals surface area contributed by atoms with E-state index in [1.54, 1.807) is 6.20 Å². The highest BCUT2D eigenvalue weighted by Gasteiger charge is 2.54. The molecule has 1 amide bonds. The molecule has 0 unspecified atom stereocenters. The van der Waals surface area contributed by atoms with Gasteiger partial charge in [0.05, 0.1) is 5.41 Å². The lowest BCUT2D eigenvalue weighted by Crippen LogP contribution is -2.54. The van der Waals surface area contributed by atoms with Crippen LogP contribution in [0.25, 0.3) is 0 Å². The molecular weight excluding hydrogens is 390 g/mol. The van der Waals surface area contributed by atoms with E-state index in [0.717, 1.165) is 44.0 Å². The van der Waals surface area contributed by atoms with Gasteiger partial charge in [-0.05, 0) is 36.5 Å². The average molecular weight is 418 g/mol. The van der Waals surface area contributed by atoms with E-state index >= 15 is 0 Å². The minimum Gasteiger partial charge on any atom is -0.340 e. The summed E-state index contributed by atoms with van der Waals surface area (Å²) in [6, 6.07) is 14.3. The first-order valence-electron chi connectivity index (χ1n) is 10.8. The number of fused-ring (bicyclic) bond motifs is 1. The zero-order valence-electron chi connectivity index (χ0n) is 18.0. The van der Waals surface area contributed by atoms with Crippen LogP contribution in [0.2, 0.25) is 0 Å². The number of aryl methyl sites for hydroxylation is 2. The number of benzene rings is 1. The average Bonchev–Trinajstić information content (AvgIpc) is 3.38. The molecule has 2 atom stereocenters. The second kappa shape index (κ2) is 7.89. The fourth-order valence-electron chi connectivity index (χ4n) is 5.18. The molecule has 4 heterocycles. The van der Waals surface area contributed by atoms with Crippen molar-refractivity contribution in [3.8, 4) is 0 Å². The molecule has 2 aliphatic rings. The topological polar surface area (TPSA) is 75.4 Å². The summed E-state index contributed by atoms with van der Waals surface area (Å²) in [5.74, 6) is 1.65. The summed E-state index contributed by atoms with van der Waals surface area (Å²) in [6.07, 6.45) is 2.60. The van der Waals surface area contributed by atoms with E-state index in [1.807, 2.05) is 36.9 Å². The summed E-state index contributed by atoms with van der Waals surface area (Å²) < 4.78 is 5.38. The lowest BCUT2D eigenvalue weighted by molar-refractivity contribution is 0.0567. The van der Waals surface area contributed by atoms with Crippen LogP contribution in [0.15, 0.2) is 53.2 Å². The predicted molar refractivity (Wildman–Crippen MR) is 115 cm³/mol. The first-order chi connectivity index (χ1) is 15.0. The number of nitrogens with zero attached hydrogens (tertiary/aromatic N) is 5. The zero-order chi connectivity index (χ0) is 21.4. The Kier molecular flexibility index (Phi) is 5.06. The molecule has 0 saturated carbocycles. The fourth-order valence-corrected chi connectivity index (χ4v) is 5.18. The highest BCUT2D eigenvalue weighted by molar-refractivity contribution is 5.93. The van der Waals surface area contributed by atoms with E-state index in [-0.39, 0.29) is 11.3 Å².